The van der Waals surface area contributed by atoms with Gasteiger partial charge in [-0.25, -0.2) is 9.79 Å². The molecule has 3 rings (SSSR count). The van der Waals surface area contributed by atoms with E-state index in [9.17, 15) is 4.79 Å². The zero-order valence-corrected chi connectivity index (χ0v) is 15.1. The first-order valence-corrected chi connectivity index (χ1v) is 8.45. The van der Waals surface area contributed by atoms with E-state index >= 15 is 0 Å². The Balaban J connectivity index is 1.88. The molecule has 2 aromatic carbocycles. The number of benzene rings is 2. The first-order chi connectivity index (χ1) is 11.6. The molecule has 0 bridgehead atoms. The van der Waals surface area contributed by atoms with Crippen molar-refractivity contribution in [3.63, 3.8) is 0 Å². The molecule has 0 aromatic heterocycles. The molecule has 0 unspecified atom stereocenters. The van der Waals surface area contributed by atoms with Crippen LogP contribution in [0, 0.1) is 0 Å². The molecule has 0 spiro atoms. The number of halogens is 2. The maximum Gasteiger partial charge on any atom is 0.363 e. The van der Waals surface area contributed by atoms with Gasteiger partial charge in [-0.3, -0.25) is 0 Å². The Hall–Kier alpha value is -2.11. The number of hydrogen-bond donors (Lipinski definition) is 0. The van der Waals surface area contributed by atoms with E-state index in [2.05, 4.69) is 20.9 Å². The summed E-state index contributed by atoms with van der Waals surface area (Å²) in [6.45, 7) is 2.50. The fraction of sp³-hybridized carbons (Fsp3) is 0.111. The van der Waals surface area contributed by atoms with E-state index in [1.165, 1.54) is 0 Å². The van der Waals surface area contributed by atoms with Gasteiger partial charge in [0.1, 0.15) is 5.75 Å². The number of nitrogens with zero attached hydrogens (tertiary/aromatic N) is 1. The molecule has 0 N–H and O–H groups in total. The molecule has 0 saturated heterocycles. The first kappa shape index (κ1) is 16.7. The predicted octanol–water partition coefficient (Wildman–Crippen LogP) is 4.85. The van der Waals surface area contributed by atoms with Crippen LogP contribution >= 0.6 is 27.5 Å². The van der Waals surface area contributed by atoms with Crippen molar-refractivity contribution in [3.05, 3.63) is 68.8 Å². The molecule has 0 aliphatic carbocycles. The Kier molecular flexibility index (Phi) is 5.02. The van der Waals surface area contributed by atoms with Crippen LogP contribution in [0.3, 0.4) is 0 Å². The van der Waals surface area contributed by atoms with Gasteiger partial charge in [0.15, 0.2) is 5.70 Å². The van der Waals surface area contributed by atoms with Crippen molar-refractivity contribution < 1.29 is 14.3 Å². The number of esters is 1. The van der Waals surface area contributed by atoms with Crippen molar-refractivity contribution in [2.75, 3.05) is 6.61 Å². The Morgan fingerprint density at radius 2 is 2.00 bits per heavy atom. The molecule has 4 nitrogen and oxygen atoms in total. The largest absolute Gasteiger partial charge is 0.493 e. The predicted molar refractivity (Wildman–Crippen MR) is 97.4 cm³/mol. The van der Waals surface area contributed by atoms with E-state index in [-0.39, 0.29) is 11.6 Å². The summed E-state index contributed by atoms with van der Waals surface area (Å²) in [5, 5.41) is 0.610. The molecule has 1 aliphatic heterocycles. The van der Waals surface area contributed by atoms with Crippen LogP contribution in [0.15, 0.2) is 57.6 Å². The van der Waals surface area contributed by atoms with Gasteiger partial charge in [-0.1, -0.05) is 17.7 Å². The highest BCUT2D eigenvalue weighted by molar-refractivity contribution is 9.10. The summed E-state index contributed by atoms with van der Waals surface area (Å²) in [5.41, 5.74) is 1.76. The van der Waals surface area contributed by atoms with Crippen LogP contribution in [-0.2, 0) is 9.53 Å². The standard InChI is InChI=1S/C18H13BrClNO3/c1-2-23-16-8-3-11(9-14(16)19)10-15-18(22)24-17(21-15)12-4-6-13(20)7-5-12/h3-10H,2H2,1H3. The molecular weight excluding hydrogens is 394 g/mol. The quantitative estimate of drug-likeness (QED) is 0.539. The topological polar surface area (TPSA) is 47.9 Å². The highest BCUT2D eigenvalue weighted by Gasteiger charge is 2.24. The van der Waals surface area contributed by atoms with E-state index in [0.29, 0.717) is 17.2 Å². The minimum atomic E-state index is -0.482. The van der Waals surface area contributed by atoms with Crippen LogP contribution in [0.2, 0.25) is 5.02 Å². The van der Waals surface area contributed by atoms with Gasteiger partial charge in [-0.15, -0.1) is 0 Å². The van der Waals surface area contributed by atoms with Crippen molar-refractivity contribution in [3.8, 4) is 5.75 Å². The van der Waals surface area contributed by atoms with Crippen LogP contribution in [0.4, 0.5) is 0 Å². The van der Waals surface area contributed by atoms with Gasteiger partial charge in [0.05, 0.1) is 11.1 Å². The third-order valence-electron chi connectivity index (χ3n) is 3.27. The molecule has 1 heterocycles. The van der Waals surface area contributed by atoms with Gasteiger partial charge in [0, 0.05) is 10.6 Å². The first-order valence-electron chi connectivity index (χ1n) is 7.27. The summed E-state index contributed by atoms with van der Waals surface area (Å²) in [6.07, 6.45) is 1.67. The monoisotopic (exact) mass is 405 g/mol. The summed E-state index contributed by atoms with van der Waals surface area (Å²) < 4.78 is 11.5. The van der Waals surface area contributed by atoms with E-state index in [4.69, 9.17) is 21.1 Å². The van der Waals surface area contributed by atoms with Crippen molar-refractivity contribution in [2.24, 2.45) is 4.99 Å². The van der Waals surface area contributed by atoms with Crippen LogP contribution in [0.5, 0.6) is 5.75 Å². The Labute approximate surface area is 152 Å². The SMILES string of the molecule is CCOc1ccc(C=C2N=C(c3ccc(Cl)cc3)OC2=O)cc1Br. The lowest BCUT2D eigenvalue weighted by Crippen LogP contribution is -2.05. The Morgan fingerprint density at radius 1 is 1.25 bits per heavy atom. The van der Waals surface area contributed by atoms with Gasteiger partial charge in [-0.2, -0.15) is 0 Å². The summed E-state index contributed by atoms with van der Waals surface area (Å²) in [4.78, 5) is 16.3. The zero-order chi connectivity index (χ0) is 17.1. The highest BCUT2D eigenvalue weighted by Crippen LogP contribution is 2.28. The number of rotatable bonds is 4. The molecule has 0 amide bonds. The maximum absolute atomic E-state index is 12.0. The minimum Gasteiger partial charge on any atom is -0.493 e. The lowest BCUT2D eigenvalue weighted by Gasteiger charge is -2.06. The molecule has 2 aromatic rings. The number of carbonyl (C=O) groups excluding carboxylic acids is 1. The second-order valence-electron chi connectivity index (χ2n) is 4.97. The lowest BCUT2D eigenvalue weighted by molar-refractivity contribution is -0.129. The summed E-state index contributed by atoms with van der Waals surface area (Å²) >= 11 is 9.31. The molecule has 0 fully saturated rings. The second-order valence-corrected chi connectivity index (χ2v) is 6.26. The minimum absolute atomic E-state index is 0.246. The average molecular weight is 407 g/mol. The van der Waals surface area contributed by atoms with Crippen molar-refractivity contribution in [1.82, 2.24) is 0 Å². The second kappa shape index (κ2) is 7.20. The van der Waals surface area contributed by atoms with E-state index in [1.54, 1.807) is 30.3 Å². The van der Waals surface area contributed by atoms with Crippen molar-refractivity contribution in [2.45, 2.75) is 6.92 Å². The van der Waals surface area contributed by atoms with Gasteiger partial charge >= 0.3 is 5.97 Å². The van der Waals surface area contributed by atoms with Crippen molar-refractivity contribution in [1.29, 1.82) is 0 Å². The van der Waals surface area contributed by atoms with E-state index in [0.717, 1.165) is 15.8 Å². The average Bonchev–Trinajstić information content (AvgIpc) is 2.92. The zero-order valence-electron chi connectivity index (χ0n) is 12.8. The van der Waals surface area contributed by atoms with Gasteiger partial charge in [-0.05, 0) is 70.9 Å². The van der Waals surface area contributed by atoms with Crippen LogP contribution < -0.4 is 4.74 Å². The Bertz CT molecular complexity index is 844. The van der Waals surface area contributed by atoms with Crippen molar-refractivity contribution >= 4 is 45.5 Å². The molecule has 0 saturated carbocycles. The van der Waals surface area contributed by atoms with Crippen LogP contribution in [0.1, 0.15) is 18.1 Å². The van der Waals surface area contributed by atoms with Crippen LogP contribution in [0.25, 0.3) is 6.08 Å². The highest BCUT2D eigenvalue weighted by atomic mass is 79.9. The smallest absolute Gasteiger partial charge is 0.363 e. The number of cyclic esters (lactones) is 1. The summed E-state index contributed by atoms with van der Waals surface area (Å²) in [7, 11) is 0. The summed E-state index contributed by atoms with van der Waals surface area (Å²) in [6, 6.07) is 12.5. The molecule has 6 heteroatoms. The Morgan fingerprint density at radius 3 is 2.67 bits per heavy atom. The number of carbonyl (C=O) groups is 1. The molecule has 0 radical (unpaired) electrons. The summed E-state index contributed by atoms with van der Waals surface area (Å²) in [5.74, 6) is 0.539. The van der Waals surface area contributed by atoms with Gasteiger partial charge < -0.3 is 9.47 Å². The normalized spacial score (nSPS) is 15.4. The molecule has 122 valence electrons. The molecule has 1 aliphatic rings. The van der Waals surface area contributed by atoms with E-state index < -0.39 is 5.97 Å². The third kappa shape index (κ3) is 3.68. The van der Waals surface area contributed by atoms with E-state index in [1.807, 2.05) is 25.1 Å². The maximum atomic E-state index is 12.0. The molecule has 0 atom stereocenters. The van der Waals surface area contributed by atoms with Gasteiger partial charge in [0.25, 0.3) is 0 Å². The van der Waals surface area contributed by atoms with Gasteiger partial charge in [0.2, 0.25) is 5.90 Å². The lowest BCUT2D eigenvalue weighted by atomic mass is 10.2. The number of ether oxygens (including phenoxy) is 2. The third-order valence-corrected chi connectivity index (χ3v) is 4.14. The molecular formula is C18H13BrClNO3. The number of aliphatic imine (C=N–C) groups is 1. The fourth-order valence-corrected chi connectivity index (χ4v) is 2.80. The fourth-order valence-electron chi connectivity index (χ4n) is 2.16. The molecule has 24 heavy (non-hydrogen) atoms. The van der Waals surface area contributed by atoms with Crippen LogP contribution in [-0.4, -0.2) is 18.5 Å². The number of hydrogen-bond acceptors (Lipinski definition) is 4.